The molecule has 0 aromatic carbocycles. The van der Waals surface area contributed by atoms with Gasteiger partial charge in [0, 0.05) is 0 Å². The molecule has 0 aliphatic rings. The topological polar surface area (TPSA) is 0 Å². The largest absolute Gasteiger partial charge is 0.0654 e. The van der Waals surface area contributed by atoms with Crippen molar-refractivity contribution in [2.75, 3.05) is 0 Å². The van der Waals surface area contributed by atoms with Crippen LogP contribution in [0.15, 0.2) is 0 Å². The first kappa shape index (κ1) is 19.0. The van der Waals surface area contributed by atoms with Crippen LogP contribution in [0.1, 0.15) is 118 Å². The van der Waals surface area contributed by atoms with E-state index in [-0.39, 0.29) is 0 Å². The molecule has 19 heavy (non-hydrogen) atoms. The third kappa shape index (κ3) is 9.52. The van der Waals surface area contributed by atoms with Crippen LogP contribution in [0.5, 0.6) is 0 Å². The average Bonchev–Trinajstić information content (AvgIpc) is 2.45. The minimum atomic E-state index is 0.679. The second kappa shape index (κ2) is 13.0. The van der Waals surface area contributed by atoms with Crippen molar-refractivity contribution in [2.24, 2.45) is 5.41 Å². The van der Waals surface area contributed by atoms with E-state index in [1.54, 1.807) is 0 Å². The summed E-state index contributed by atoms with van der Waals surface area (Å²) in [5.74, 6) is 0. The molecule has 116 valence electrons. The van der Waals surface area contributed by atoms with Gasteiger partial charge in [0.2, 0.25) is 0 Å². The van der Waals surface area contributed by atoms with Gasteiger partial charge in [-0.25, -0.2) is 0 Å². The molecule has 0 aliphatic carbocycles. The van der Waals surface area contributed by atoms with Gasteiger partial charge in [-0.05, 0) is 18.3 Å². The summed E-state index contributed by atoms with van der Waals surface area (Å²) < 4.78 is 0. The van der Waals surface area contributed by atoms with Crippen LogP contribution in [-0.4, -0.2) is 0 Å². The number of rotatable bonds is 14. The minimum Gasteiger partial charge on any atom is -0.0654 e. The first-order valence-electron chi connectivity index (χ1n) is 9.24. The van der Waals surface area contributed by atoms with Crippen LogP contribution in [0.25, 0.3) is 0 Å². The van der Waals surface area contributed by atoms with Gasteiger partial charge in [0.1, 0.15) is 0 Å². The van der Waals surface area contributed by atoms with E-state index >= 15 is 0 Å². The third-order valence-electron chi connectivity index (χ3n) is 5.12. The predicted octanol–water partition coefficient (Wildman–Crippen LogP) is 7.51. The van der Waals surface area contributed by atoms with E-state index in [4.69, 9.17) is 0 Å². The van der Waals surface area contributed by atoms with Gasteiger partial charge in [-0.2, -0.15) is 0 Å². The quantitative estimate of drug-likeness (QED) is 0.286. The molecule has 0 unspecified atom stereocenters. The highest BCUT2D eigenvalue weighted by Gasteiger charge is 2.24. The Balaban J connectivity index is 3.81. The molecule has 0 fully saturated rings. The van der Waals surface area contributed by atoms with E-state index in [9.17, 15) is 0 Å². The average molecular weight is 269 g/mol. The smallest absolute Gasteiger partial charge is 0.0303 e. The zero-order valence-electron chi connectivity index (χ0n) is 14.4. The number of hydrogen-bond donors (Lipinski definition) is 0. The molecule has 0 radical (unpaired) electrons. The highest BCUT2D eigenvalue weighted by molar-refractivity contribution is 4.76. The van der Waals surface area contributed by atoms with E-state index in [1.807, 2.05) is 0 Å². The lowest BCUT2D eigenvalue weighted by atomic mass is 9.74. The first-order chi connectivity index (χ1) is 9.24. The Bertz CT molecular complexity index is 167. The lowest BCUT2D eigenvalue weighted by Crippen LogP contribution is -2.18. The summed E-state index contributed by atoms with van der Waals surface area (Å²) in [4.78, 5) is 0. The van der Waals surface area contributed by atoms with Crippen LogP contribution in [0, 0.1) is 5.41 Å². The van der Waals surface area contributed by atoms with Gasteiger partial charge < -0.3 is 0 Å². The van der Waals surface area contributed by atoms with E-state index in [0.717, 1.165) is 0 Å². The number of unbranched alkanes of at least 4 members (excludes halogenated alkanes) is 8. The molecule has 0 aromatic heterocycles. The van der Waals surface area contributed by atoms with Crippen molar-refractivity contribution in [1.29, 1.82) is 0 Å². The molecule has 0 heteroatoms. The lowest BCUT2D eigenvalue weighted by Gasteiger charge is -2.32. The van der Waals surface area contributed by atoms with Gasteiger partial charge in [-0.3, -0.25) is 0 Å². The summed E-state index contributed by atoms with van der Waals surface area (Å²) in [7, 11) is 0. The number of hydrogen-bond acceptors (Lipinski definition) is 0. The molecule has 0 bridgehead atoms. The van der Waals surface area contributed by atoms with Crippen molar-refractivity contribution in [3.63, 3.8) is 0 Å². The highest BCUT2D eigenvalue weighted by atomic mass is 14.3. The Hall–Kier alpha value is 0. The summed E-state index contributed by atoms with van der Waals surface area (Å²) in [5, 5.41) is 0. The second-order valence-electron chi connectivity index (χ2n) is 6.54. The van der Waals surface area contributed by atoms with E-state index in [0.29, 0.717) is 5.41 Å². The van der Waals surface area contributed by atoms with Crippen molar-refractivity contribution in [2.45, 2.75) is 118 Å². The molecule has 0 spiro atoms. The first-order valence-corrected chi connectivity index (χ1v) is 9.24. The van der Waals surface area contributed by atoms with E-state index < -0.39 is 0 Å². The summed E-state index contributed by atoms with van der Waals surface area (Å²) in [6, 6.07) is 0. The van der Waals surface area contributed by atoms with Crippen molar-refractivity contribution in [3.8, 4) is 0 Å². The summed E-state index contributed by atoms with van der Waals surface area (Å²) in [6.45, 7) is 9.44. The van der Waals surface area contributed by atoms with Crippen molar-refractivity contribution in [3.05, 3.63) is 0 Å². The zero-order valence-corrected chi connectivity index (χ0v) is 14.4. The van der Waals surface area contributed by atoms with Gasteiger partial charge in [0.05, 0.1) is 0 Å². The minimum absolute atomic E-state index is 0.679. The fraction of sp³-hybridized carbons (Fsp3) is 1.00. The fourth-order valence-electron chi connectivity index (χ4n) is 3.29. The Morgan fingerprint density at radius 1 is 0.474 bits per heavy atom. The molecule has 0 heterocycles. The van der Waals surface area contributed by atoms with Gasteiger partial charge in [0.15, 0.2) is 0 Å². The molecule has 0 N–H and O–H groups in total. The zero-order chi connectivity index (χ0) is 14.4. The SMILES string of the molecule is CCCCCCCCC(CC)(CC)CCCCCC. The molecule has 0 amide bonds. The van der Waals surface area contributed by atoms with Gasteiger partial charge in [-0.15, -0.1) is 0 Å². The standard InChI is InChI=1S/C19H40/c1-5-9-11-13-14-16-18-19(7-3,8-4)17-15-12-10-6-2/h5-18H2,1-4H3. The van der Waals surface area contributed by atoms with Gasteiger partial charge in [-0.1, -0.05) is 105 Å². The van der Waals surface area contributed by atoms with Crippen LogP contribution >= 0.6 is 0 Å². The van der Waals surface area contributed by atoms with Crippen molar-refractivity contribution >= 4 is 0 Å². The van der Waals surface area contributed by atoms with Gasteiger partial charge >= 0.3 is 0 Å². The molecule has 0 aliphatic heterocycles. The molecule has 0 atom stereocenters. The van der Waals surface area contributed by atoms with Crippen LogP contribution < -0.4 is 0 Å². The maximum Gasteiger partial charge on any atom is -0.0303 e. The maximum absolute atomic E-state index is 2.42. The molecule has 0 nitrogen and oxygen atoms in total. The molecular formula is C19H40. The Kier molecular flexibility index (Phi) is 13.0. The molecule has 0 aromatic rings. The van der Waals surface area contributed by atoms with Crippen molar-refractivity contribution in [1.82, 2.24) is 0 Å². The Labute approximate surface area is 123 Å². The summed E-state index contributed by atoms with van der Waals surface area (Å²) >= 11 is 0. The lowest BCUT2D eigenvalue weighted by molar-refractivity contribution is 0.202. The van der Waals surface area contributed by atoms with E-state index in [1.165, 1.54) is 89.9 Å². The monoisotopic (exact) mass is 268 g/mol. The molecule has 0 saturated carbocycles. The van der Waals surface area contributed by atoms with E-state index in [2.05, 4.69) is 27.7 Å². The Morgan fingerprint density at radius 2 is 0.842 bits per heavy atom. The summed E-state index contributed by atoms with van der Waals surface area (Å²) in [5.41, 5.74) is 0.679. The Morgan fingerprint density at radius 3 is 1.26 bits per heavy atom. The van der Waals surface area contributed by atoms with Crippen LogP contribution in [-0.2, 0) is 0 Å². The molecule has 0 rings (SSSR count). The van der Waals surface area contributed by atoms with Gasteiger partial charge in [0.25, 0.3) is 0 Å². The second-order valence-corrected chi connectivity index (χ2v) is 6.54. The van der Waals surface area contributed by atoms with Crippen LogP contribution in [0.4, 0.5) is 0 Å². The maximum atomic E-state index is 2.42. The summed E-state index contributed by atoms with van der Waals surface area (Å²) in [6.07, 6.45) is 20.1. The van der Waals surface area contributed by atoms with Crippen molar-refractivity contribution < 1.29 is 0 Å². The predicted molar refractivity (Wildman–Crippen MR) is 89.8 cm³/mol. The van der Waals surface area contributed by atoms with Crippen LogP contribution in [0.3, 0.4) is 0 Å². The highest BCUT2D eigenvalue weighted by Crippen LogP contribution is 2.38. The normalized spacial score (nSPS) is 12.0. The fourth-order valence-corrected chi connectivity index (χ4v) is 3.29. The third-order valence-corrected chi connectivity index (χ3v) is 5.12. The molecule has 0 saturated heterocycles. The van der Waals surface area contributed by atoms with Crippen LogP contribution in [0.2, 0.25) is 0 Å². The molecular weight excluding hydrogens is 228 g/mol.